The van der Waals surface area contributed by atoms with Gasteiger partial charge in [0.25, 0.3) is 5.91 Å². The van der Waals surface area contributed by atoms with Crippen LogP contribution in [0.15, 0.2) is 11.8 Å². The Hall–Kier alpha value is -1.56. The predicted octanol–water partition coefficient (Wildman–Crippen LogP) is 1.70. The molecule has 23 heavy (non-hydrogen) atoms. The summed E-state index contributed by atoms with van der Waals surface area (Å²) in [6.07, 6.45) is 8.54. The fourth-order valence-electron chi connectivity index (χ4n) is 3.72. The first kappa shape index (κ1) is 16.3. The van der Waals surface area contributed by atoms with E-state index < -0.39 is 12.3 Å². The molecule has 128 valence electrons. The van der Waals surface area contributed by atoms with Crippen LogP contribution in [0.4, 0.5) is 0 Å². The highest BCUT2D eigenvalue weighted by Crippen LogP contribution is 2.29. The molecule has 3 rings (SSSR count). The number of nitrogens with zero attached hydrogens (tertiary/aromatic N) is 1. The molecule has 3 atom stereocenters. The molecule has 2 saturated heterocycles. The lowest BCUT2D eigenvalue weighted by molar-refractivity contribution is -0.164. The van der Waals surface area contributed by atoms with Gasteiger partial charge < -0.3 is 19.7 Å². The molecular formula is C17H26N2O4. The van der Waals surface area contributed by atoms with Crippen LogP contribution in [0.25, 0.3) is 0 Å². The molecule has 3 aliphatic heterocycles. The average Bonchev–Trinajstić information content (AvgIpc) is 3.03. The van der Waals surface area contributed by atoms with E-state index in [1.165, 1.54) is 19.3 Å². The Morgan fingerprint density at radius 2 is 2.22 bits per heavy atom. The van der Waals surface area contributed by atoms with Gasteiger partial charge in [-0.25, -0.2) is 0 Å². The molecule has 0 radical (unpaired) electrons. The van der Waals surface area contributed by atoms with Gasteiger partial charge in [0.15, 0.2) is 0 Å². The minimum atomic E-state index is -0.665. The number of nitrogens with one attached hydrogen (secondary N) is 1. The molecule has 0 aromatic heterocycles. The van der Waals surface area contributed by atoms with E-state index in [1.54, 1.807) is 0 Å². The standard InChI is InChI=1S/C17H26N2O4/c1-2-22-17-13(11-15(20)23-17)18-16(21)14-9-8-12-7-5-3-4-6-10-19(12)14/h9,12-13,17H,2-8,10-11H2,1H3,(H,18,21). The van der Waals surface area contributed by atoms with Crippen molar-refractivity contribution in [1.82, 2.24) is 10.2 Å². The maximum Gasteiger partial charge on any atom is 0.310 e. The van der Waals surface area contributed by atoms with Crippen molar-refractivity contribution < 1.29 is 19.1 Å². The van der Waals surface area contributed by atoms with E-state index in [0.29, 0.717) is 12.6 Å². The topological polar surface area (TPSA) is 67.9 Å². The molecule has 1 amide bonds. The van der Waals surface area contributed by atoms with Crippen LogP contribution in [0.2, 0.25) is 0 Å². The van der Waals surface area contributed by atoms with Crippen molar-refractivity contribution in [2.45, 2.75) is 70.2 Å². The Morgan fingerprint density at radius 1 is 1.39 bits per heavy atom. The summed E-state index contributed by atoms with van der Waals surface area (Å²) in [7, 11) is 0. The van der Waals surface area contributed by atoms with Gasteiger partial charge in [-0.15, -0.1) is 0 Å². The van der Waals surface area contributed by atoms with E-state index in [-0.39, 0.29) is 18.3 Å². The van der Waals surface area contributed by atoms with Gasteiger partial charge in [0.1, 0.15) is 6.04 Å². The number of hydrogen-bond donors (Lipinski definition) is 1. The van der Waals surface area contributed by atoms with Gasteiger partial charge in [-0.05, 0) is 26.2 Å². The second-order valence-corrected chi connectivity index (χ2v) is 6.47. The first-order valence-electron chi connectivity index (χ1n) is 8.77. The molecule has 0 aliphatic carbocycles. The Balaban J connectivity index is 1.62. The summed E-state index contributed by atoms with van der Waals surface area (Å²) in [5.41, 5.74) is 0.756. The van der Waals surface area contributed by atoms with Crippen molar-refractivity contribution in [3.63, 3.8) is 0 Å². The Kier molecular flexibility index (Phi) is 5.20. The lowest BCUT2D eigenvalue weighted by atomic mass is 10.0. The minimum absolute atomic E-state index is 0.110. The highest BCUT2D eigenvalue weighted by atomic mass is 16.7. The zero-order valence-corrected chi connectivity index (χ0v) is 13.8. The molecule has 0 aromatic rings. The number of ether oxygens (including phenoxy) is 2. The van der Waals surface area contributed by atoms with E-state index in [0.717, 1.165) is 31.5 Å². The third kappa shape index (κ3) is 3.68. The Morgan fingerprint density at radius 3 is 3.04 bits per heavy atom. The fraction of sp³-hybridized carbons (Fsp3) is 0.765. The van der Waals surface area contributed by atoms with Gasteiger partial charge in [0.2, 0.25) is 6.29 Å². The number of hydrogen-bond acceptors (Lipinski definition) is 5. The molecule has 6 heteroatoms. The molecule has 3 unspecified atom stereocenters. The number of esters is 1. The van der Waals surface area contributed by atoms with E-state index in [2.05, 4.69) is 10.2 Å². The molecule has 6 nitrogen and oxygen atoms in total. The van der Waals surface area contributed by atoms with Crippen molar-refractivity contribution in [2.75, 3.05) is 13.2 Å². The summed E-state index contributed by atoms with van der Waals surface area (Å²) < 4.78 is 10.5. The normalized spacial score (nSPS) is 31.0. The zero-order chi connectivity index (χ0) is 16.2. The molecule has 0 bridgehead atoms. The molecule has 0 saturated carbocycles. The molecule has 3 aliphatic rings. The SMILES string of the molecule is CCOC1OC(=O)CC1NC(=O)C1=CCC2CCCCCCN12. The monoisotopic (exact) mass is 322 g/mol. The lowest BCUT2D eigenvalue weighted by Gasteiger charge is -2.31. The smallest absolute Gasteiger partial charge is 0.310 e. The quantitative estimate of drug-likeness (QED) is 0.798. The summed E-state index contributed by atoms with van der Waals surface area (Å²) in [6.45, 7) is 3.23. The summed E-state index contributed by atoms with van der Waals surface area (Å²) in [6, 6.07) is 0.0601. The van der Waals surface area contributed by atoms with Gasteiger partial charge >= 0.3 is 5.97 Å². The first-order valence-corrected chi connectivity index (χ1v) is 8.77. The number of carbonyl (C=O) groups excluding carboxylic acids is 2. The van der Waals surface area contributed by atoms with E-state index in [1.807, 2.05) is 13.0 Å². The molecule has 0 spiro atoms. The lowest BCUT2D eigenvalue weighted by Crippen LogP contribution is -2.45. The number of amides is 1. The highest BCUT2D eigenvalue weighted by molar-refractivity contribution is 5.94. The summed E-state index contributed by atoms with van der Waals surface area (Å²) >= 11 is 0. The van der Waals surface area contributed by atoms with Gasteiger partial charge in [0.05, 0.1) is 12.1 Å². The van der Waals surface area contributed by atoms with Crippen LogP contribution >= 0.6 is 0 Å². The van der Waals surface area contributed by atoms with Crippen LogP contribution < -0.4 is 5.32 Å². The number of rotatable bonds is 4. The second kappa shape index (κ2) is 7.34. The van der Waals surface area contributed by atoms with Crippen LogP contribution in [0.1, 0.15) is 51.9 Å². The van der Waals surface area contributed by atoms with Crippen LogP contribution in [0.5, 0.6) is 0 Å². The summed E-state index contributed by atoms with van der Waals surface area (Å²) in [5, 5.41) is 2.94. The second-order valence-electron chi connectivity index (χ2n) is 6.47. The third-order valence-electron chi connectivity index (χ3n) is 4.86. The van der Waals surface area contributed by atoms with Crippen molar-refractivity contribution in [1.29, 1.82) is 0 Å². The van der Waals surface area contributed by atoms with E-state index in [9.17, 15) is 9.59 Å². The van der Waals surface area contributed by atoms with Gasteiger partial charge in [-0.1, -0.05) is 25.3 Å². The summed E-state index contributed by atoms with van der Waals surface area (Å²) in [4.78, 5) is 26.4. The fourth-order valence-corrected chi connectivity index (χ4v) is 3.72. The molecule has 1 N–H and O–H groups in total. The van der Waals surface area contributed by atoms with Crippen molar-refractivity contribution in [2.24, 2.45) is 0 Å². The van der Waals surface area contributed by atoms with Crippen molar-refractivity contribution in [3.8, 4) is 0 Å². The predicted molar refractivity (Wildman–Crippen MR) is 84.3 cm³/mol. The molecule has 0 aromatic carbocycles. The Labute approximate surface area is 137 Å². The number of cyclic esters (lactones) is 1. The van der Waals surface area contributed by atoms with Crippen LogP contribution in [0, 0.1) is 0 Å². The minimum Gasteiger partial charge on any atom is -0.433 e. The maximum atomic E-state index is 12.7. The van der Waals surface area contributed by atoms with Gasteiger partial charge in [0, 0.05) is 19.2 Å². The van der Waals surface area contributed by atoms with E-state index >= 15 is 0 Å². The molecular weight excluding hydrogens is 296 g/mol. The van der Waals surface area contributed by atoms with Gasteiger partial charge in [-0.3, -0.25) is 9.59 Å². The maximum absolute atomic E-state index is 12.7. The van der Waals surface area contributed by atoms with Crippen LogP contribution in [-0.4, -0.2) is 48.3 Å². The van der Waals surface area contributed by atoms with Crippen LogP contribution in [0.3, 0.4) is 0 Å². The van der Waals surface area contributed by atoms with Crippen molar-refractivity contribution in [3.05, 3.63) is 11.8 Å². The van der Waals surface area contributed by atoms with E-state index in [4.69, 9.17) is 9.47 Å². The number of carbonyl (C=O) groups is 2. The summed E-state index contributed by atoms with van der Waals surface area (Å²) in [5.74, 6) is -0.431. The zero-order valence-electron chi connectivity index (χ0n) is 13.8. The van der Waals surface area contributed by atoms with Crippen molar-refractivity contribution >= 4 is 11.9 Å². The largest absolute Gasteiger partial charge is 0.433 e. The molecule has 3 heterocycles. The third-order valence-corrected chi connectivity index (χ3v) is 4.86. The molecule has 2 fully saturated rings. The van der Waals surface area contributed by atoms with Crippen LogP contribution in [-0.2, 0) is 19.1 Å². The first-order chi connectivity index (χ1) is 11.2. The Bertz CT molecular complexity index is 491. The van der Waals surface area contributed by atoms with Gasteiger partial charge in [-0.2, -0.15) is 0 Å². The number of fused-ring (bicyclic) bond motifs is 1. The highest BCUT2D eigenvalue weighted by Gasteiger charge is 2.38. The average molecular weight is 322 g/mol.